The highest BCUT2D eigenvalue weighted by Gasteiger charge is 2.30. The molecule has 0 heterocycles. The van der Waals surface area contributed by atoms with Crippen LogP contribution in [0, 0.1) is 0 Å². The molecule has 0 saturated heterocycles. The van der Waals surface area contributed by atoms with Crippen molar-refractivity contribution in [1.29, 1.82) is 0 Å². The molecule has 0 aliphatic carbocycles. The second-order valence-electron chi connectivity index (χ2n) is 8.20. The number of benzene rings is 3. The average molecular weight is 532 g/mol. The molecule has 0 aromatic heterocycles. The van der Waals surface area contributed by atoms with Crippen LogP contribution in [-0.4, -0.2) is 44.6 Å². The maximum Gasteiger partial charge on any atom is 0.341 e. The van der Waals surface area contributed by atoms with Crippen molar-refractivity contribution in [3.8, 4) is 22.6 Å². The fourth-order valence-electron chi connectivity index (χ4n) is 3.72. The summed E-state index contributed by atoms with van der Waals surface area (Å²) in [5.74, 6) is -4.00. The second-order valence-corrected chi connectivity index (χ2v) is 10.2. The molecule has 0 unspecified atom stereocenters. The van der Waals surface area contributed by atoms with Gasteiger partial charge in [-0.25, -0.2) is 22.0 Å². The van der Waals surface area contributed by atoms with E-state index in [0.29, 0.717) is 16.7 Å². The Hall–Kier alpha value is -3.76. The number of hydrogen-bond donors (Lipinski definition) is 1. The molecule has 0 radical (unpaired) electrons. The van der Waals surface area contributed by atoms with Gasteiger partial charge in [-0.15, -0.1) is 6.58 Å². The fraction of sp³-hybridized carbons (Fsp3) is 0.222. The molecule has 3 aromatic rings. The summed E-state index contributed by atoms with van der Waals surface area (Å²) >= 11 is 0. The van der Waals surface area contributed by atoms with Gasteiger partial charge in [-0.05, 0) is 41.5 Å². The molecule has 0 atom stereocenters. The van der Waals surface area contributed by atoms with Gasteiger partial charge in [0.15, 0.2) is 6.61 Å². The molecule has 3 aromatic carbocycles. The third-order valence-electron chi connectivity index (χ3n) is 5.55. The number of ether oxygens (including phenoxy) is 2. The van der Waals surface area contributed by atoms with Crippen molar-refractivity contribution in [2.45, 2.75) is 23.8 Å². The first kappa shape index (κ1) is 27.8. The summed E-state index contributed by atoms with van der Waals surface area (Å²) in [6, 6.07) is 16.6. The first-order valence-corrected chi connectivity index (χ1v) is 12.6. The molecule has 196 valence electrons. The number of carboxylic acids is 1. The minimum atomic E-state index is -3.93. The number of methoxy groups -OCH3 is 1. The number of carbonyl (C=O) groups is 1. The van der Waals surface area contributed by atoms with E-state index in [-0.39, 0.29) is 28.5 Å². The Morgan fingerprint density at radius 3 is 2.49 bits per heavy atom. The molecule has 0 amide bonds. The van der Waals surface area contributed by atoms with Crippen LogP contribution in [0.2, 0.25) is 0 Å². The van der Waals surface area contributed by atoms with E-state index < -0.39 is 34.9 Å². The first-order valence-electron chi connectivity index (χ1n) is 11.2. The Balaban J connectivity index is 2.02. The fourth-order valence-corrected chi connectivity index (χ4v) is 5.03. The Morgan fingerprint density at radius 1 is 1.08 bits per heavy atom. The van der Waals surface area contributed by atoms with E-state index >= 15 is 0 Å². The van der Waals surface area contributed by atoms with E-state index in [4.69, 9.17) is 14.6 Å². The van der Waals surface area contributed by atoms with E-state index in [0.717, 1.165) is 10.4 Å². The van der Waals surface area contributed by atoms with Crippen molar-refractivity contribution >= 4 is 16.0 Å². The average Bonchev–Trinajstić information content (AvgIpc) is 2.87. The Labute approximate surface area is 214 Å². The lowest BCUT2D eigenvalue weighted by Gasteiger charge is -2.20. The number of hydrogen-bond acceptors (Lipinski definition) is 5. The lowest BCUT2D eigenvalue weighted by atomic mass is 9.97. The zero-order chi connectivity index (χ0) is 27.2. The van der Waals surface area contributed by atoms with Crippen molar-refractivity contribution in [1.82, 2.24) is 4.31 Å². The number of aliphatic carboxylic acids is 1. The molecule has 3 rings (SSSR count). The Morgan fingerprint density at radius 2 is 1.81 bits per heavy atom. The minimum absolute atomic E-state index is 0.00112. The highest BCUT2D eigenvalue weighted by molar-refractivity contribution is 7.89. The van der Waals surface area contributed by atoms with Gasteiger partial charge >= 0.3 is 5.97 Å². The zero-order valence-electron chi connectivity index (χ0n) is 20.4. The van der Waals surface area contributed by atoms with Gasteiger partial charge in [-0.3, -0.25) is 0 Å². The number of sulfonamides is 1. The maximum atomic E-state index is 14.5. The second kappa shape index (κ2) is 11.5. The van der Waals surface area contributed by atoms with Gasteiger partial charge in [0, 0.05) is 31.1 Å². The number of para-hydroxylation sites is 1. The summed E-state index contributed by atoms with van der Waals surface area (Å²) in [4.78, 5) is 11.1. The van der Waals surface area contributed by atoms with Crippen LogP contribution in [0.15, 0.2) is 84.3 Å². The maximum absolute atomic E-state index is 14.5. The third-order valence-corrected chi connectivity index (χ3v) is 7.40. The summed E-state index contributed by atoms with van der Waals surface area (Å²) < 4.78 is 67.2. The normalized spacial score (nSPS) is 11.8. The number of allylic oxidation sites excluding steroid dienone is 1. The molecule has 0 bridgehead atoms. The summed E-state index contributed by atoms with van der Waals surface area (Å²) in [6.45, 7) is 2.69. The zero-order valence-corrected chi connectivity index (χ0v) is 21.2. The third kappa shape index (κ3) is 6.52. The standard InChI is InChI=1S/C27H27F2NO6S/c1-4-14-27(28,29)21-9-7-8-20(16-21)22-15-19(12-13-23(22)36-18-26(31)32)17-30(2)37(33,34)25-11-6-5-10-24(25)35-3/h4-13,15-16H,1,14,17-18H2,2-3H3,(H,31,32). The van der Waals surface area contributed by atoms with E-state index in [2.05, 4.69) is 6.58 Å². The molecule has 10 heteroatoms. The quantitative estimate of drug-likeness (QED) is 0.318. The topological polar surface area (TPSA) is 93.1 Å². The number of halogens is 2. The number of rotatable bonds is 12. The smallest absolute Gasteiger partial charge is 0.341 e. The highest BCUT2D eigenvalue weighted by atomic mass is 32.2. The Kier molecular flexibility index (Phi) is 8.67. The van der Waals surface area contributed by atoms with Gasteiger partial charge < -0.3 is 14.6 Å². The number of alkyl halides is 2. The molecule has 37 heavy (non-hydrogen) atoms. The number of nitrogens with zero attached hydrogens (tertiary/aromatic N) is 1. The summed E-state index contributed by atoms with van der Waals surface area (Å²) in [6.07, 6.45) is 0.581. The van der Waals surface area contributed by atoms with Crippen LogP contribution in [0.1, 0.15) is 17.5 Å². The van der Waals surface area contributed by atoms with Gasteiger partial charge in [0.1, 0.15) is 16.4 Å². The van der Waals surface area contributed by atoms with Crippen molar-refractivity contribution in [3.05, 3.63) is 90.5 Å². The molecular weight excluding hydrogens is 504 g/mol. The van der Waals surface area contributed by atoms with E-state index in [1.54, 1.807) is 36.4 Å². The lowest BCUT2D eigenvalue weighted by Crippen LogP contribution is -2.27. The van der Waals surface area contributed by atoms with Gasteiger partial charge in [-0.2, -0.15) is 4.31 Å². The monoisotopic (exact) mass is 531 g/mol. The summed E-state index contributed by atoms with van der Waals surface area (Å²) in [7, 11) is -1.14. The van der Waals surface area contributed by atoms with Crippen LogP contribution in [0.5, 0.6) is 11.5 Å². The predicted molar refractivity (Wildman–Crippen MR) is 135 cm³/mol. The molecule has 1 N–H and O–H groups in total. The van der Waals surface area contributed by atoms with Crippen LogP contribution in [0.25, 0.3) is 11.1 Å². The SMILES string of the molecule is C=CCC(F)(F)c1cccc(-c2cc(CN(C)S(=O)(=O)c3ccccc3OC)ccc2OCC(=O)O)c1. The summed E-state index contributed by atoms with van der Waals surface area (Å²) in [5, 5.41) is 9.04. The van der Waals surface area contributed by atoms with Crippen LogP contribution < -0.4 is 9.47 Å². The molecule has 0 aliphatic rings. The minimum Gasteiger partial charge on any atom is -0.495 e. The van der Waals surface area contributed by atoms with Crippen LogP contribution in [-0.2, 0) is 27.3 Å². The van der Waals surface area contributed by atoms with Crippen molar-refractivity contribution in [2.75, 3.05) is 20.8 Å². The molecule has 0 aliphatic heterocycles. The van der Waals surface area contributed by atoms with Crippen LogP contribution in [0.4, 0.5) is 8.78 Å². The van der Waals surface area contributed by atoms with Crippen LogP contribution in [0.3, 0.4) is 0 Å². The lowest BCUT2D eigenvalue weighted by molar-refractivity contribution is -0.139. The molecule has 0 saturated carbocycles. The van der Waals surface area contributed by atoms with Gasteiger partial charge in [-0.1, -0.05) is 42.5 Å². The van der Waals surface area contributed by atoms with E-state index in [1.807, 2.05) is 0 Å². The Bertz CT molecular complexity index is 1390. The molecule has 0 fully saturated rings. The van der Waals surface area contributed by atoms with Gasteiger partial charge in [0.2, 0.25) is 10.0 Å². The predicted octanol–water partition coefficient (Wildman–Crippen LogP) is 5.31. The van der Waals surface area contributed by atoms with Gasteiger partial charge in [0.25, 0.3) is 5.92 Å². The van der Waals surface area contributed by atoms with Crippen molar-refractivity contribution < 1.29 is 36.6 Å². The highest BCUT2D eigenvalue weighted by Crippen LogP contribution is 2.37. The van der Waals surface area contributed by atoms with Crippen molar-refractivity contribution in [2.24, 2.45) is 0 Å². The van der Waals surface area contributed by atoms with E-state index in [1.165, 1.54) is 44.5 Å². The van der Waals surface area contributed by atoms with E-state index in [9.17, 15) is 22.0 Å². The largest absolute Gasteiger partial charge is 0.495 e. The van der Waals surface area contributed by atoms with Crippen LogP contribution >= 0.6 is 0 Å². The summed E-state index contributed by atoms with van der Waals surface area (Å²) in [5.41, 5.74) is 0.995. The molecule has 0 spiro atoms. The number of carboxylic acid groups (broad SMARTS) is 1. The first-order chi connectivity index (χ1) is 17.5. The molecule has 7 nitrogen and oxygen atoms in total. The van der Waals surface area contributed by atoms with Gasteiger partial charge in [0.05, 0.1) is 7.11 Å². The van der Waals surface area contributed by atoms with Crippen molar-refractivity contribution in [3.63, 3.8) is 0 Å². The molecular formula is C27H27F2NO6S.